The molecule has 3 heteroatoms. The van der Waals surface area contributed by atoms with E-state index in [4.69, 9.17) is 5.11 Å². The number of rotatable bonds is 0. The van der Waals surface area contributed by atoms with Gasteiger partial charge < -0.3 is 5.11 Å². The van der Waals surface area contributed by atoms with Gasteiger partial charge in [0.05, 0.1) is 0 Å². The molecule has 0 amide bonds. The van der Waals surface area contributed by atoms with Gasteiger partial charge >= 0.3 is 18.9 Å². The van der Waals surface area contributed by atoms with Crippen LogP contribution in [0.3, 0.4) is 0 Å². The molecule has 0 aromatic heterocycles. The van der Waals surface area contributed by atoms with E-state index in [9.17, 15) is 0 Å². The standard InChI is InChI=1S/CH4O.Li.H2S.H/c1-2;;;/h2H,1H3;;1H2;. The van der Waals surface area contributed by atoms with Crippen molar-refractivity contribution in [2.45, 2.75) is 0 Å². The summed E-state index contributed by atoms with van der Waals surface area (Å²) in [6.07, 6.45) is 0. The summed E-state index contributed by atoms with van der Waals surface area (Å²) in [5.74, 6) is 0. The topological polar surface area (TPSA) is 20.2 Å². The van der Waals surface area contributed by atoms with E-state index >= 15 is 0 Å². The molecule has 0 aromatic carbocycles. The van der Waals surface area contributed by atoms with Crippen LogP contribution >= 0.6 is 13.5 Å². The molecule has 4 heavy (non-hydrogen) atoms. The molecule has 0 saturated carbocycles. The molecule has 0 unspecified atom stereocenters. The first kappa shape index (κ1) is 20.6. The van der Waals surface area contributed by atoms with Gasteiger partial charge in [-0.15, -0.1) is 0 Å². The summed E-state index contributed by atoms with van der Waals surface area (Å²) in [5.41, 5.74) is 0. The van der Waals surface area contributed by atoms with Gasteiger partial charge in [0.1, 0.15) is 0 Å². The van der Waals surface area contributed by atoms with Crippen LogP contribution in [0.1, 0.15) is 0 Å². The molecule has 0 spiro atoms. The minimum atomic E-state index is 0. The third-order valence-corrected chi connectivity index (χ3v) is 0. The molecule has 0 aromatic rings. The third-order valence-electron chi connectivity index (χ3n) is 0. The zero-order valence-electron chi connectivity index (χ0n) is 1.95. The van der Waals surface area contributed by atoms with Crippen LogP contribution in [0.4, 0.5) is 0 Å². The summed E-state index contributed by atoms with van der Waals surface area (Å²) in [5, 5.41) is 7.00. The second-order valence-electron chi connectivity index (χ2n) is 0. The Bertz CT molecular complexity index is 8.00. The van der Waals surface area contributed by atoms with E-state index in [0.717, 1.165) is 7.11 Å². The van der Waals surface area contributed by atoms with E-state index in [2.05, 4.69) is 0 Å². The maximum atomic E-state index is 7.00. The Labute approximate surface area is 45.0 Å². The molecule has 0 heterocycles. The summed E-state index contributed by atoms with van der Waals surface area (Å²) in [7, 11) is 1.00. The van der Waals surface area contributed by atoms with Gasteiger partial charge in [-0.1, -0.05) is 0 Å². The Morgan fingerprint density at radius 3 is 1.25 bits per heavy atom. The van der Waals surface area contributed by atoms with E-state index in [-0.39, 0.29) is 32.4 Å². The van der Waals surface area contributed by atoms with Crippen molar-refractivity contribution < 1.29 is 5.11 Å². The molecule has 0 fully saturated rings. The zero-order valence-corrected chi connectivity index (χ0v) is 2.95. The van der Waals surface area contributed by atoms with Crippen molar-refractivity contribution in [2.24, 2.45) is 0 Å². The van der Waals surface area contributed by atoms with Crippen molar-refractivity contribution in [1.82, 2.24) is 0 Å². The fourth-order valence-electron chi connectivity index (χ4n) is 0. The van der Waals surface area contributed by atoms with E-state index in [1.807, 2.05) is 0 Å². The fraction of sp³-hybridized carbons (Fsp3) is 1.00. The van der Waals surface area contributed by atoms with Gasteiger partial charge in [-0.25, -0.2) is 0 Å². The molecule has 0 radical (unpaired) electrons. The Morgan fingerprint density at radius 1 is 1.25 bits per heavy atom. The molecule has 0 aliphatic carbocycles. The van der Waals surface area contributed by atoms with Crippen LogP contribution in [0.25, 0.3) is 0 Å². The molecule has 0 atom stereocenters. The SMILES string of the molecule is CO.S.[LiH]. The van der Waals surface area contributed by atoms with E-state index in [1.165, 1.54) is 0 Å². The van der Waals surface area contributed by atoms with Crippen molar-refractivity contribution in [3.8, 4) is 0 Å². The quantitative estimate of drug-likeness (QED) is 0.368. The van der Waals surface area contributed by atoms with Gasteiger partial charge in [0, 0.05) is 7.11 Å². The summed E-state index contributed by atoms with van der Waals surface area (Å²) < 4.78 is 0. The number of hydrogen-bond acceptors (Lipinski definition) is 1. The second-order valence-corrected chi connectivity index (χ2v) is 0. The van der Waals surface area contributed by atoms with Crippen LogP contribution in [-0.2, 0) is 0 Å². The molecule has 1 N–H and O–H groups in total. The average molecular weight is 74.1 g/mol. The first-order chi connectivity index (χ1) is 1.00. The average Bonchev–Trinajstić information content (AvgIpc) is 1.00. The van der Waals surface area contributed by atoms with Crippen LogP contribution in [-0.4, -0.2) is 31.1 Å². The molecule has 0 saturated heterocycles. The van der Waals surface area contributed by atoms with Crippen LogP contribution in [0, 0.1) is 0 Å². The molecule has 0 aliphatic heterocycles. The van der Waals surface area contributed by atoms with Gasteiger partial charge in [0.25, 0.3) is 0 Å². The van der Waals surface area contributed by atoms with Crippen molar-refractivity contribution in [3.05, 3.63) is 0 Å². The predicted molar refractivity (Wildman–Crippen MR) is 25.7 cm³/mol. The Balaban J connectivity index is -0.00000000500. The maximum absolute atomic E-state index is 7.00. The van der Waals surface area contributed by atoms with Crippen LogP contribution in [0.5, 0.6) is 0 Å². The zero-order chi connectivity index (χ0) is 2.00. The minimum absolute atomic E-state index is 0. The Hall–Kier alpha value is 0.907. The molecule has 0 rings (SSSR count). The molecule has 0 aliphatic rings. The molecular formula is CH7LiOS. The van der Waals surface area contributed by atoms with Gasteiger partial charge in [0.2, 0.25) is 0 Å². The van der Waals surface area contributed by atoms with Crippen LogP contribution < -0.4 is 0 Å². The first-order valence-corrected chi connectivity index (χ1v) is 0.447. The van der Waals surface area contributed by atoms with E-state index in [1.54, 1.807) is 0 Å². The van der Waals surface area contributed by atoms with Gasteiger partial charge in [0.15, 0.2) is 0 Å². The normalized spacial score (nSPS) is 1.50. The van der Waals surface area contributed by atoms with Crippen LogP contribution in [0.15, 0.2) is 0 Å². The second kappa shape index (κ2) is 40.1. The summed E-state index contributed by atoms with van der Waals surface area (Å²) in [6.45, 7) is 0. The Kier molecular flexibility index (Phi) is 207. The van der Waals surface area contributed by atoms with Crippen molar-refractivity contribution in [1.29, 1.82) is 0 Å². The van der Waals surface area contributed by atoms with Gasteiger partial charge in [-0.05, 0) is 0 Å². The van der Waals surface area contributed by atoms with E-state index < -0.39 is 0 Å². The monoisotopic (exact) mass is 74.0 g/mol. The predicted octanol–water partition coefficient (Wildman–Crippen LogP) is -0.927. The van der Waals surface area contributed by atoms with Crippen LogP contribution in [0.2, 0.25) is 0 Å². The first-order valence-electron chi connectivity index (χ1n) is 0.447. The summed E-state index contributed by atoms with van der Waals surface area (Å²) >= 11 is 0. The van der Waals surface area contributed by atoms with Crippen molar-refractivity contribution >= 4 is 32.4 Å². The van der Waals surface area contributed by atoms with Gasteiger partial charge in [-0.3, -0.25) is 0 Å². The number of aliphatic hydroxyl groups excluding tert-OH is 1. The van der Waals surface area contributed by atoms with E-state index in [0.29, 0.717) is 0 Å². The number of hydrogen-bond donors (Lipinski definition) is 1. The van der Waals surface area contributed by atoms with Gasteiger partial charge in [-0.2, -0.15) is 13.5 Å². The summed E-state index contributed by atoms with van der Waals surface area (Å²) in [6, 6.07) is 0. The third kappa shape index (κ3) is 12.8. The van der Waals surface area contributed by atoms with Crippen molar-refractivity contribution in [3.63, 3.8) is 0 Å². The molecular weight excluding hydrogens is 67.0 g/mol. The summed E-state index contributed by atoms with van der Waals surface area (Å²) in [4.78, 5) is 0. The Morgan fingerprint density at radius 2 is 1.25 bits per heavy atom. The molecule has 1 nitrogen and oxygen atoms in total. The number of aliphatic hydroxyl groups is 1. The fourth-order valence-corrected chi connectivity index (χ4v) is 0. The van der Waals surface area contributed by atoms with Crippen molar-refractivity contribution in [2.75, 3.05) is 7.11 Å². The molecule has 0 bridgehead atoms. The molecule has 24 valence electrons.